The fourth-order valence-corrected chi connectivity index (χ4v) is 2.81. The van der Waals surface area contributed by atoms with Gasteiger partial charge >= 0.3 is 0 Å². The molecule has 1 aliphatic carbocycles. The van der Waals surface area contributed by atoms with Gasteiger partial charge in [-0.25, -0.2) is 0 Å². The van der Waals surface area contributed by atoms with Crippen molar-refractivity contribution in [2.75, 3.05) is 11.4 Å². The second-order valence-electron chi connectivity index (χ2n) is 5.28. The molecule has 2 atom stereocenters. The first-order chi connectivity index (χ1) is 9.81. The van der Waals surface area contributed by atoms with Gasteiger partial charge < -0.3 is 4.90 Å². The monoisotopic (exact) mass is 265 g/mol. The zero-order valence-corrected chi connectivity index (χ0v) is 11.7. The van der Waals surface area contributed by atoms with Gasteiger partial charge in [-0.2, -0.15) is 0 Å². The van der Waals surface area contributed by atoms with Gasteiger partial charge in [0.1, 0.15) is 0 Å². The van der Waals surface area contributed by atoms with Crippen LogP contribution in [0.1, 0.15) is 24.8 Å². The Morgan fingerprint density at radius 1 is 1.05 bits per heavy atom. The number of hydrogen-bond acceptors (Lipinski definition) is 1. The third kappa shape index (κ3) is 2.46. The molecule has 1 amide bonds. The summed E-state index contributed by atoms with van der Waals surface area (Å²) in [5, 5.41) is 0. The van der Waals surface area contributed by atoms with E-state index in [1.807, 2.05) is 60.4 Å². The fourth-order valence-electron chi connectivity index (χ4n) is 2.81. The number of para-hydroxylation sites is 1. The lowest BCUT2D eigenvalue weighted by Crippen LogP contribution is -2.32. The molecule has 0 N–H and O–H groups in total. The molecule has 0 heterocycles. The molecular formula is C18H19NO. The fraction of sp³-hybridized carbons (Fsp3) is 0.278. The lowest BCUT2D eigenvalue weighted by Gasteiger charge is -2.21. The summed E-state index contributed by atoms with van der Waals surface area (Å²) < 4.78 is 0. The number of carbonyl (C=O) groups excluding carboxylic acids is 1. The predicted octanol–water partition coefficient (Wildman–Crippen LogP) is 3.84. The van der Waals surface area contributed by atoms with E-state index in [1.54, 1.807) is 0 Å². The molecule has 102 valence electrons. The summed E-state index contributed by atoms with van der Waals surface area (Å²) in [4.78, 5) is 14.5. The van der Waals surface area contributed by atoms with Crippen LogP contribution in [-0.4, -0.2) is 12.5 Å². The number of benzene rings is 2. The summed E-state index contributed by atoms with van der Waals surface area (Å²) in [5.41, 5.74) is 2.29. The summed E-state index contributed by atoms with van der Waals surface area (Å²) in [6, 6.07) is 20.3. The molecule has 0 radical (unpaired) electrons. The SMILES string of the molecule is CCN(C(=O)C1CC1c1ccccc1)c1ccccc1. The lowest BCUT2D eigenvalue weighted by molar-refractivity contribution is -0.119. The predicted molar refractivity (Wildman–Crippen MR) is 81.8 cm³/mol. The van der Waals surface area contributed by atoms with Gasteiger partial charge in [0.15, 0.2) is 0 Å². The zero-order valence-electron chi connectivity index (χ0n) is 11.7. The van der Waals surface area contributed by atoms with E-state index < -0.39 is 0 Å². The van der Waals surface area contributed by atoms with Crippen molar-refractivity contribution < 1.29 is 4.79 Å². The first kappa shape index (κ1) is 12.9. The molecule has 2 unspecified atom stereocenters. The molecule has 0 spiro atoms. The van der Waals surface area contributed by atoms with Crippen LogP contribution in [0.5, 0.6) is 0 Å². The van der Waals surface area contributed by atoms with E-state index >= 15 is 0 Å². The van der Waals surface area contributed by atoms with Crippen molar-refractivity contribution in [3.05, 3.63) is 66.2 Å². The van der Waals surface area contributed by atoms with Crippen molar-refractivity contribution in [3.63, 3.8) is 0 Å². The van der Waals surface area contributed by atoms with Crippen LogP contribution < -0.4 is 4.90 Å². The van der Waals surface area contributed by atoms with E-state index in [1.165, 1.54) is 5.56 Å². The summed E-state index contributed by atoms with van der Waals surface area (Å²) in [6.45, 7) is 2.76. The first-order valence-electron chi connectivity index (χ1n) is 7.22. The summed E-state index contributed by atoms with van der Waals surface area (Å²) in [7, 11) is 0. The molecular weight excluding hydrogens is 246 g/mol. The second-order valence-corrected chi connectivity index (χ2v) is 5.28. The van der Waals surface area contributed by atoms with Gasteiger partial charge in [-0.15, -0.1) is 0 Å². The van der Waals surface area contributed by atoms with Gasteiger partial charge in [0.05, 0.1) is 0 Å². The van der Waals surface area contributed by atoms with E-state index in [2.05, 4.69) is 12.1 Å². The first-order valence-corrected chi connectivity index (χ1v) is 7.22. The summed E-state index contributed by atoms with van der Waals surface area (Å²) in [5.74, 6) is 0.812. The standard InChI is InChI=1S/C18H19NO/c1-2-19(15-11-7-4-8-12-15)18(20)17-13-16(17)14-9-5-3-6-10-14/h3-12,16-17H,2,13H2,1H3. The number of nitrogens with zero attached hydrogens (tertiary/aromatic N) is 1. The van der Waals surface area contributed by atoms with Crippen LogP contribution >= 0.6 is 0 Å². The van der Waals surface area contributed by atoms with Gasteiger partial charge in [0.25, 0.3) is 0 Å². The number of rotatable bonds is 4. The molecule has 0 saturated heterocycles. The minimum Gasteiger partial charge on any atom is -0.312 e. The molecule has 3 rings (SSSR count). The molecule has 0 aromatic heterocycles. The molecule has 1 aliphatic rings. The highest BCUT2D eigenvalue weighted by atomic mass is 16.2. The summed E-state index contributed by atoms with van der Waals surface area (Å²) >= 11 is 0. The molecule has 20 heavy (non-hydrogen) atoms. The number of hydrogen-bond donors (Lipinski definition) is 0. The Labute approximate surface area is 120 Å². The highest BCUT2D eigenvalue weighted by molar-refractivity contribution is 5.97. The molecule has 2 aromatic carbocycles. The van der Waals surface area contributed by atoms with Crippen molar-refractivity contribution in [3.8, 4) is 0 Å². The second kappa shape index (κ2) is 5.49. The number of carbonyl (C=O) groups is 1. The largest absolute Gasteiger partial charge is 0.312 e. The topological polar surface area (TPSA) is 20.3 Å². The van der Waals surface area contributed by atoms with Crippen molar-refractivity contribution in [1.82, 2.24) is 0 Å². The maximum absolute atomic E-state index is 12.6. The maximum atomic E-state index is 12.6. The normalized spacial score (nSPS) is 20.4. The van der Waals surface area contributed by atoms with Crippen molar-refractivity contribution in [1.29, 1.82) is 0 Å². The van der Waals surface area contributed by atoms with Crippen LogP contribution in [0, 0.1) is 5.92 Å². The third-order valence-corrected chi connectivity index (χ3v) is 3.99. The van der Waals surface area contributed by atoms with Gasteiger partial charge in [-0.3, -0.25) is 4.79 Å². The third-order valence-electron chi connectivity index (χ3n) is 3.99. The molecule has 0 bridgehead atoms. The van der Waals surface area contributed by atoms with Crippen molar-refractivity contribution >= 4 is 11.6 Å². The maximum Gasteiger partial charge on any atom is 0.230 e. The molecule has 2 heteroatoms. The van der Waals surface area contributed by atoms with Crippen LogP contribution in [0.4, 0.5) is 5.69 Å². The Kier molecular flexibility index (Phi) is 3.55. The van der Waals surface area contributed by atoms with Gasteiger partial charge in [-0.05, 0) is 37.0 Å². The van der Waals surface area contributed by atoms with Gasteiger partial charge in [0, 0.05) is 18.2 Å². The molecule has 1 saturated carbocycles. The summed E-state index contributed by atoms with van der Waals surface area (Å²) in [6.07, 6.45) is 0.978. The molecule has 2 aromatic rings. The Balaban J connectivity index is 1.74. The average Bonchev–Trinajstić information content (AvgIpc) is 3.30. The molecule has 2 nitrogen and oxygen atoms in total. The minimum atomic E-state index is 0.151. The Bertz CT molecular complexity index is 579. The average molecular weight is 265 g/mol. The number of amides is 1. The Hall–Kier alpha value is -2.09. The van der Waals surface area contributed by atoms with Crippen LogP contribution in [-0.2, 0) is 4.79 Å². The highest BCUT2D eigenvalue weighted by Gasteiger charge is 2.45. The van der Waals surface area contributed by atoms with Crippen molar-refractivity contribution in [2.24, 2.45) is 5.92 Å². The Morgan fingerprint density at radius 2 is 1.65 bits per heavy atom. The zero-order chi connectivity index (χ0) is 13.9. The molecule has 0 aliphatic heterocycles. The van der Waals surface area contributed by atoms with Crippen LogP contribution in [0.25, 0.3) is 0 Å². The molecule has 1 fully saturated rings. The van der Waals surface area contributed by atoms with Crippen LogP contribution in [0.2, 0.25) is 0 Å². The van der Waals surface area contributed by atoms with E-state index in [4.69, 9.17) is 0 Å². The highest BCUT2D eigenvalue weighted by Crippen LogP contribution is 2.48. The van der Waals surface area contributed by atoms with E-state index in [0.717, 1.165) is 18.7 Å². The van der Waals surface area contributed by atoms with E-state index in [-0.39, 0.29) is 11.8 Å². The van der Waals surface area contributed by atoms with Crippen molar-refractivity contribution in [2.45, 2.75) is 19.3 Å². The van der Waals surface area contributed by atoms with Gasteiger partial charge in [0.2, 0.25) is 5.91 Å². The van der Waals surface area contributed by atoms with E-state index in [0.29, 0.717) is 5.92 Å². The lowest BCUT2D eigenvalue weighted by atomic mass is 10.1. The number of anilines is 1. The minimum absolute atomic E-state index is 0.151. The van der Waals surface area contributed by atoms with E-state index in [9.17, 15) is 4.79 Å². The Morgan fingerprint density at radius 3 is 2.25 bits per heavy atom. The quantitative estimate of drug-likeness (QED) is 0.822. The van der Waals surface area contributed by atoms with Gasteiger partial charge in [-0.1, -0.05) is 48.5 Å². The smallest absolute Gasteiger partial charge is 0.230 e. The van der Waals surface area contributed by atoms with Crippen LogP contribution in [0.3, 0.4) is 0 Å². The van der Waals surface area contributed by atoms with Crippen LogP contribution in [0.15, 0.2) is 60.7 Å².